The van der Waals surface area contributed by atoms with Gasteiger partial charge >= 0.3 is 0 Å². The minimum absolute atomic E-state index is 0.171. The number of carbonyl (C=O) groups excluding carboxylic acids is 1. The van der Waals surface area contributed by atoms with E-state index in [1.165, 1.54) is 14.2 Å². The van der Waals surface area contributed by atoms with Crippen LogP contribution in [0.1, 0.15) is 16.8 Å². The second kappa shape index (κ2) is 5.52. The molecule has 0 saturated heterocycles. The van der Waals surface area contributed by atoms with Crippen molar-refractivity contribution in [2.24, 2.45) is 0 Å². The summed E-state index contributed by atoms with van der Waals surface area (Å²) in [5, 5.41) is 8.48. The summed E-state index contributed by atoms with van der Waals surface area (Å²) in [6, 6.07) is 5.01. The van der Waals surface area contributed by atoms with Gasteiger partial charge in [0.15, 0.2) is 5.78 Å². The molecule has 0 amide bonds. The molecule has 0 aliphatic carbocycles. The zero-order chi connectivity index (χ0) is 12.1. The summed E-state index contributed by atoms with van der Waals surface area (Å²) in [5.41, 5.74) is 0.372. The Bertz CT molecular complexity index is 451. The first-order valence-electron chi connectivity index (χ1n) is 4.45. The van der Waals surface area contributed by atoms with E-state index >= 15 is 0 Å². The Morgan fingerprint density at radius 2 is 2.00 bits per heavy atom. The molecule has 0 atom stereocenters. The third-order valence-corrected chi connectivity index (χ3v) is 2.63. The number of ketones is 1. The number of hydrogen-bond acceptors (Lipinski definition) is 4. The topological polar surface area (TPSA) is 59.3 Å². The average Bonchev–Trinajstić information content (AvgIpc) is 2.29. The molecule has 16 heavy (non-hydrogen) atoms. The summed E-state index contributed by atoms with van der Waals surface area (Å²) >= 11 is 3.27. The highest BCUT2D eigenvalue weighted by atomic mass is 79.9. The van der Waals surface area contributed by atoms with Crippen molar-refractivity contribution in [3.05, 3.63) is 22.2 Å². The first-order chi connectivity index (χ1) is 7.63. The van der Waals surface area contributed by atoms with Crippen LogP contribution >= 0.6 is 15.9 Å². The molecule has 0 aliphatic rings. The molecule has 1 rings (SSSR count). The molecule has 4 nitrogen and oxygen atoms in total. The predicted molar refractivity (Wildman–Crippen MR) is 61.8 cm³/mol. The number of Topliss-reactive ketones (excluding diaryl/α,β-unsaturated/α-hetero) is 1. The van der Waals surface area contributed by atoms with E-state index in [0.29, 0.717) is 21.5 Å². The maximum absolute atomic E-state index is 11.6. The molecule has 84 valence electrons. The number of rotatable bonds is 4. The summed E-state index contributed by atoms with van der Waals surface area (Å²) in [5.74, 6) is 0.702. The molecule has 0 spiro atoms. The number of methoxy groups -OCH3 is 2. The van der Waals surface area contributed by atoms with Crippen LogP contribution in [0.2, 0.25) is 0 Å². The van der Waals surface area contributed by atoms with Crippen LogP contribution < -0.4 is 9.47 Å². The molecule has 0 aromatic heterocycles. The van der Waals surface area contributed by atoms with Gasteiger partial charge in [0, 0.05) is 6.07 Å². The Kier molecular flexibility index (Phi) is 4.32. The van der Waals surface area contributed by atoms with Crippen LogP contribution in [-0.4, -0.2) is 20.0 Å². The smallest absolute Gasteiger partial charge is 0.180 e. The second-order valence-electron chi connectivity index (χ2n) is 2.95. The van der Waals surface area contributed by atoms with Gasteiger partial charge in [-0.25, -0.2) is 0 Å². The van der Waals surface area contributed by atoms with Crippen molar-refractivity contribution in [2.75, 3.05) is 14.2 Å². The van der Waals surface area contributed by atoms with Gasteiger partial charge in [0.25, 0.3) is 0 Å². The number of halogens is 1. The van der Waals surface area contributed by atoms with Crippen molar-refractivity contribution in [2.45, 2.75) is 6.42 Å². The summed E-state index contributed by atoms with van der Waals surface area (Å²) in [7, 11) is 2.99. The van der Waals surface area contributed by atoms with Gasteiger partial charge in [-0.05, 0) is 22.0 Å². The summed E-state index contributed by atoms with van der Waals surface area (Å²) in [6.45, 7) is 0. The van der Waals surface area contributed by atoms with Crippen molar-refractivity contribution >= 4 is 21.7 Å². The maximum Gasteiger partial charge on any atom is 0.180 e. The molecule has 1 aromatic rings. The lowest BCUT2D eigenvalue weighted by molar-refractivity contribution is 0.0994. The molecule has 0 radical (unpaired) electrons. The molecular formula is C11H10BrNO3. The first kappa shape index (κ1) is 12.5. The minimum atomic E-state index is -0.275. The van der Waals surface area contributed by atoms with Crippen molar-refractivity contribution in [3.8, 4) is 17.6 Å². The van der Waals surface area contributed by atoms with Crippen LogP contribution in [0.4, 0.5) is 0 Å². The zero-order valence-corrected chi connectivity index (χ0v) is 10.5. The Labute approximate surface area is 102 Å². The first-order valence-corrected chi connectivity index (χ1v) is 5.25. The lowest BCUT2D eigenvalue weighted by atomic mass is 10.1. The highest BCUT2D eigenvalue weighted by Gasteiger charge is 2.15. The van der Waals surface area contributed by atoms with E-state index in [9.17, 15) is 4.79 Å². The number of nitriles is 1. The third kappa shape index (κ3) is 2.52. The van der Waals surface area contributed by atoms with Crippen molar-refractivity contribution in [1.29, 1.82) is 5.26 Å². The minimum Gasteiger partial charge on any atom is -0.496 e. The number of hydrogen-bond donors (Lipinski definition) is 0. The van der Waals surface area contributed by atoms with Crippen molar-refractivity contribution < 1.29 is 14.3 Å². The highest BCUT2D eigenvalue weighted by molar-refractivity contribution is 9.10. The molecule has 0 saturated carbocycles. The fourth-order valence-corrected chi connectivity index (χ4v) is 1.75. The fourth-order valence-electron chi connectivity index (χ4n) is 1.24. The standard InChI is InChI=1S/C11H10BrNO3/c1-15-10-6-11(16-2)8(12)5-7(10)9(14)3-4-13/h5-6H,3H2,1-2H3. The summed E-state index contributed by atoms with van der Waals surface area (Å²) in [6.07, 6.45) is -0.171. The van der Waals surface area contributed by atoms with Gasteiger partial charge in [0.2, 0.25) is 0 Å². The van der Waals surface area contributed by atoms with Gasteiger partial charge in [0.05, 0.1) is 36.7 Å². The average molecular weight is 284 g/mol. The molecule has 0 heterocycles. The Morgan fingerprint density at radius 3 is 2.50 bits per heavy atom. The molecule has 0 N–H and O–H groups in total. The number of nitrogens with zero attached hydrogens (tertiary/aromatic N) is 1. The molecule has 1 aromatic carbocycles. The molecule has 0 bridgehead atoms. The molecule has 0 fully saturated rings. The lowest BCUT2D eigenvalue weighted by Crippen LogP contribution is -2.02. The van der Waals surface area contributed by atoms with Gasteiger partial charge in [-0.3, -0.25) is 4.79 Å². The number of benzene rings is 1. The van der Waals surface area contributed by atoms with E-state index in [1.54, 1.807) is 12.1 Å². The molecular weight excluding hydrogens is 274 g/mol. The largest absolute Gasteiger partial charge is 0.496 e. The van der Waals surface area contributed by atoms with E-state index < -0.39 is 0 Å². The number of ether oxygens (including phenoxy) is 2. The van der Waals surface area contributed by atoms with Gasteiger partial charge in [-0.15, -0.1) is 0 Å². The van der Waals surface area contributed by atoms with Gasteiger partial charge in [0.1, 0.15) is 11.5 Å². The number of carbonyl (C=O) groups is 1. The van der Waals surface area contributed by atoms with Gasteiger partial charge in [-0.1, -0.05) is 0 Å². The van der Waals surface area contributed by atoms with Gasteiger partial charge in [-0.2, -0.15) is 5.26 Å². The molecule has 5 heteroatoms. The fraction of sp³-hybridized carbons (Fsp3) is 0.273. The zero-order valence-electron chi connectivity index (χ0n) is 8.91. The van der Waals surface area contributed by atoms with E-state index in [2.05, 4.69) is 15.9 Å². The van der Waals surface area contributed by atoms with Crippen molar-refractivity contribution in [3.63, 3.8) is 0 Å². The Hall–Kier alpha value is -1.54. The monoisotopic (exact) mass is 283 g/mol. The van der Waals surface area contributed by atoms with Crippen LogP contribution in [-0.2, 0) is 0 Å². The second-order valence-corrected chi connectivity index (χ2v) is 3.80. The SMILES string of the molecule is COc1cc(OC)c(C(=O)CC#N)cc1Br. The summed E-state index contributed by atoms with van der Waals surface area (Å²) in [4.78, 5) is 11.6. The normalized spacial score (nSPS) is 9.38. The van der Waals surface area contributed by atoms with Crippen LogP contribution in [0.5, 0.6) is 11.5 Å². The van der Waals surface area contributed by atoms with E-state index in [4.69, 9.17) is 14.7 Å². The molecule has 0 unspecified atom stereocenters. The van der Waals surface area contributed by atoms with Crippen LogP contribution in [0.3, 0.4) is 0 Å². The van der Waals surface area contributed by atoms with Crippen LogP contribution in [0.15, 0.2) is 16.6 Å². The predicted octanol–water partition coefficient (Wildman–Crippen LogP) is 2.56. The van der Waals surface area contributed by atoms with Crippen LogP contribution in [0, 0.1) is 11.3 Å². The highest BCUT2D eigenvalue weighted by Crippen LogP contribution is 2.33. The quantitative estimate of drug-likeness (QED) is 0.797. The van der Waals surface area contributed by atoms with E-state index in [1.807, 2.05) is 6.07 Å². The Morgan fingerprint density at radius 1 is 1.38 bits per heavy atom. The van der Waals surface area contributed by atoms with Gasteiger partial charge < -0.3 is 9.47 Å². The van der Waals surface area contributed by atoms with Crippen molar-refractivity contribution in [1.82, 2.24) is 0 Å². The summed E-state index contributed by atoms with van der Waals surface area (Å²) < 4.78 is 10.8. The Balaban J connectivity index is 3.24. The van der Waals surface area contributed by atoms with E-state index in [0.717, 1.165) is 0 Å². The third-order valence-electron chi connectivity index (χ3n) is 2.01. The van der Waals surface area contributed by atoms with E-state index in [-0.39, 0.29) is 12.2 Å². The molecule has 0 aliphatic heterocycles. The van der Waals surface area contributed by atoms with Crippen LogP contribution in [0.25, 0.3) is 0 Å². The maximum atomic E-state index is 11.6. The lowest BCUT2D eigenvalue weighted by Gasteiger charge is -2.10.